The van der Waals surface area contributed by atoms with Crippen molar-refractivity contribution in [2.75, 3.05) is 5.88 Å². The van der Waals surface area contributed by atoms with Gasteiger partial charge in [-0.3, -0.25) is 0 Å². The van der Waals surface area contributed by atoms with E-state index in [0.29, 0.717) is 0 Å². The highest BCUT2D eigenvalue weighted by Crippen LogP contribution is 2.11. The maximum absolute atomic E-state index is 11.5. The SMILES string of the molecule is C=C=NCS(=O)(=O)c1ccc(C)cc1.Cc1cnc(C)o1. The number of sulfone groups is 1. The van der Waals surface area contributed by atoms with E-state index in [0.717, 1.165) is 17.2 Å². The highest BCUT2D eigenvalue weighted by atomic mass is 32.2. The van der Waals surface area contributed by atoms with Crippen molar-refractivity contribution in [2.45, 2.75) is 25.7 Å². The minimum absolute atomic E-state index is 0.280. The normalized spacial score (nSPS) is 10.2. The molecule has 1 aromatic heterocycles. The Morgan fingerprint density at radius 1 is 1.24 bits per heavy atom. The van der Waals surface area contributed by atoms with E-state index in [-0.39, 0.29) is 10.8 Å². The number of hydrogen-bond donors (Lipinski definition) is 0. The van der Waals surface area contributed by atoms with Crippen molar-refractivity contribution in [1.29, 1.82) is 0 Å². The molecule has 0 saturated carbocycles. The summed E-state index contributed by atoms with van der Waals surface area (Å²) < 4.78 is 28.1. The van der Waals surface area contributed by atoms with Crippen LogP contribution in [0.1, 0.15) is 17.2 Å². The molecule has 0 aliphatic carbocycles. The number of nitrogens with zero attached hydrogens (tertiary/aromatic N) is 2. The zero-order valence-corrected chi connectivity index (χ0v) is 13.1. The van der Waals surface area contributed by atoms with Crippen molar-refractivity contribution in [3.05, 3.63) is 54.3 Å². The molecule has 112 valence electrons. The summed E-state index contributed by atoms with van der Waals surface area (Å²) in [6, 6.07) is 6.65. The van der Waals surface area contributed by atoms with Crippen LogP contribution < -0.4 is 0 Å². The molecule has 0 radical (unpaired) electrons. The lowest BCUT2D eigenvalue weighted by atomic mass is 10.2. The van der Waals surface area contributed by atoms with Gasteiger partial charge in [0, 0.05) is 6.92 Å². The molecule has 0 N–H and O–H groups in total. The van der Waals surface area contributed by atoms with Gasteiger partial charge in [0.2, 0.25) is 0 Å². The van der Waals surface area contributed by atoms with Crippen LogP contribution in [0.5, 0.6) is 0 Å². The molecule has 0 bridgehead atoms. The van der Waals surface area contributed by atoms with Crippen molar-refractivity contribution in [2.24, 2.45) is 4.99 Å². The third kappa shape index (κ3) is 5.77. The van der Waals surface area contributed by atoms with E-state index in [1.807, 2.05) is 20.8 Å². The molecule has 21 heavy (non-hydrogen) atoms. The Bertz CT molecular complexity index is 708. The number of aromatic nitrogens is 1. The van der Waals surface area contributed by atoms with Gasteiger partial charge in [-0.25, -0.2) is 18.4 Å². The molecule has 0 aliphatic rings. The van der Waals surface area contributed by atoms with Crippen LogP contribution in [-0.4, -0.2) is 25.1 Å². The molecule has 5 nitrogen and oxygen atoms in total. The Labute approximate surface area is 125 Å². The summed E-state index contributed by atoms with van der Waals surface area (Å²) in [7, 11) is -3.31. The molecule has 0 atom stereocenters. The first-order chi connectivity index (χ1) is 9.85. The largest absolute Gasteiger partial charge is 0.446 e. The lowest BCUT2D eigenvalue weighted by molar-refractivity contribution is 0.494. The van der Waals surface area contributed by atoms with Gasteiger partial charge in [0.05, 0.1) is 11.1 Å². The summed E-state index contributed by atoms with van der Waals surface area (Å²) in [5.41, 5.74) is 1.02. The summed E-state index contributed by atoms with van der Waals surface area (Å²) in [5, 5.41) is 0. The van der Waals surface area contributed by atoms with Gasteiger partial charge < -0.3 is 4.42 Å². The molecule has 0 saturated heterocycles. The van der Waals surface area contributed by atoms with Crippen LogP contribution in [0.2, 0.25) is 0 Å². The third-order valence-electron chi connectivity index (χ3n) is 2.46. The lowest BCUT2D eigenvalue weighted by Gasteiger charge is -2.00. The number of oxazole rings is 1. The zero-order valence-electron chi connectivity index (χ0n) is 12.3. The number of hydrogen-bond acceptors (Lipinski definition) is 5. The highest BCUT2D eigenvalue weighted by molar-refractivity contribution is 7.91. The molecule has 0 amide bonds. The minimum atomic E-state index is -3.31. The van der Waals surface area contributed by atoms with E-state index in [4.69, 9.17) is 4.42 Å². The van der Waals surface area contributed by atoms with Gasteiger partial charge in [0.15, 0.2) is 21.6 Å². The maximum atomic E-state index is 11.5. The third-order valence-corrected chi connectivity index (χ3v) is 3.92. The average Bonchev–Trinajstić information content (AvgIpc) is 2.81. The predicted octanol–water partition coefficient (Wildman–Crippen LogP) is 2.87. The van der Waals surface area contributed by atoms with E-state index >= 15 is 0 Å². The standard InChI is InChI=1S/C10H11NO2S.C5H7NO/c1-3-11-8-14(12,13)10-6-4-9(2)5-7-10;1-4-3-6-5(2)7-4/h4-7H,1,8H2,2H3;3H,1-2H3. The van der Waals surface area contributed by atoms with Crippen molar-refractivity contribution >= 4 is 15.7 Å². The fourth-order valence-electron chi connectivity index (χ4n) is 1.42. The monoisotopic (exact) mass is 306 g/mol. The van der Waals surface area contributed by atoms with E-state index in [2.05, 4.69) is 22.4 Å². The molecular formula is C15H18N2O3S. The second kappa shape index (κ2) is 7.57. The fourth-order valence-corrected chi connectivity index (χ4v) is 2.38. The van der Waals surface area contributed by atoms with Crippen LogP contribution in [0.25, 0.3) is 0 Å². The van der Waals surface area contributed by atoms with E-state index in [9.17, 15) is 8.42 Å². The molecule has 1 aromatic carbocycles. The van der Waals surface area contributed by atoms with Crippen LogP contribution >= 0.6 is 0 Å². The Morgan fingerprint density at radius 2 is 1.86 bits per heavy atom. The molecule has 2 aromatic rings. The first-order valence-electron chi connectivity index (χ1n) is 6.22. The minimum Gasteiger partial charge on any atom is -0.446 e. The second-order valence-electron chi connectivity index (χ2n) is 4.36. The smallest absolute Gasteiger partial charge is 0.199 e. The number of aliphatic imine (C=N–C) groups is 1. The van der Waals surface area contributed by atoms with Gasteiger partial charge in [0.25, 0.3) is 0 Å². The molecule has 0 spiro atoms. The fraction of sp³-hybridized carbons (Fsp3) is 0.267. The topological polar surface area (TPSA) is 72.5 Å². The van der Waals surface area contributed by atoms with Crippen LogP contribution in [-0.2, 0) is 9.84 Å². The summed E-state index contributed by atoms with van der Waals surface area (Å²) in [6.45, 7) is 8.82. The Balaban J connectivity index is 0.000000262. The quantitative estimate of drug-likeness (QED) is 0.817. The number of benzene rings is 1. The number of rotatable bonds is 3. The summed E-state index contributed by atoms with van der Waals surface area (Å²) in [6.07, 6.45) is 1.70. The van der Waals surface area contributed by atoms with Crippen LogP contribution in [0.3, 0.4) is 0 Å². The van der Waals surface area contributed by atoms with E-state index in [1.54, 1.807) is 30.5 Å². The van der Waals surface area contributed by atoms with Crippen LogP contribution in [0.15, 0.2) is 51.3 Å². The second-order valence-corrected chi connectivity index (χ2v) is 6.32. The van der Waals surface area contributed by atoms with Gasteiger partial charge >= 0.3 is 0 Å². The molecule has 6 heteroatoms. The Hall–Kier alpha value is -2.17. The molecule has 0 aliphatic heterocycles. The predicted molar refractivity (Wildman–Crippen MR) is 82.3 cm³/mol. The van der Waals surface area contributed by atoms with E-state index in [1.165, 1.54) is 0 Å². The molecule has 1 heterocycles. The summed E-state index contributed by atoms with van der Waals surface area (Å²) in [5.74, 6) is 3.52. The van der Waals surface area contributed by atoms with Crippen molar-refractivity contribution in [1.82, 2.24) is 4.98 Å². The van der Waals surface area contributed by atoms with Gasteiger partial charge in [-0.15, -0.1) is 0 Å². The van der Waals surface area contributed by atoms with Gasteiger partial charge in [-0.2, -0.15) is 0 Å². The van der Waals surface area contributed by atoms with Gasteiger partial charge in [-0.1, -0.05) is 17.7 Å². The van der Waals surface area contributed by atoms with Crippen molar-refractivity contribution < 1.29 is 12.8 Å². The number of aryl methyl sites for hydroxylation is 3. The molecule has 0 fully saturated rings. The summed E-state index contributed by atoms with van der Waals surface area (Å²) in [4.78, 5) is 7.62. The average molecular weight is 306 g/mol. The molecule has 0 unspecified atom stereocenters. The van der Waals surface area contributed by atoms with Gasteiger partial charge in [0.1, 0.15) is 5.76 Å². The maximum Gasteiger partial charge on any atom is 0.199 e. The zero-order chi connectivity index (χ0) is 15.9. The first kappa shape index (κ1) is 16.9. The summed E-state index contributed by atoms with van der Waals surface area (Å²) >= 11 is 0. The van der Waals surface area contributed by atoms with Crippen LogP contribution in [0, 0.1) is 20.8 Å². The van der Waals surface area contributed by atoms with Crippen LogP contribution in [0.4, 0.5) is 0 Å². The Kier molecular flexibility index (Phi) is 6.09. The lowest BCUT2D eigenvalue weighted by Crippen LogP contribution is -2.04. The molecule has 2 rings (SSSR count). The van der Waals surface area contributed by atoms with E-state index < -0.39 is 9.84 Å². The molecular weight excluding hydrogens is 288 g/mol. The Morgan fingerprint density at radius 3 is 2.24 bits per heavy atom. The van der Waals surface area contributed by atoms with Crippen molar-refractivity contribution in [3.8, 4) is 0 Å². The highest BCUT2D eigenvalue weighted by Gasteiger charge is 2.12. The van der Waals surface area contributed by atoms with Gasteiger partial charge in [-0.05, 0) is 38.4 Å². The van der Waals surface area contributed by atoms with Crippen molar-refractivity contribution in [3.63, 3.8) is 0 Å². The first-order valence-corrected chi connectivity index (χ1v) is 7.87.